The van der Waals surface area contributed by atoms with Gasteiger partial charge < -0.3 is 10.2 Å². The highest BCUT2D eigenvalue weighted by Gasteiger charge is 2.41. The smallest absolute Gasteiger partial charge is 0.279 e. The van der Waals surface area contributed by atoms with Gasteiger partial charge in [0, 0.05) is 36.6 Å². The third-order valence-electron chi connectivity index (χ3n) is 5.52. The molecule has 3 rings (SSSR count). The zero-order chi connectivity index (χ0) is 22.9. The molecule has 2 amide bonds. The minimum Gasteiger partial charge on any atom is -0.357 e. The summed E-state index contributed by atoms with van der Waals surface area (Å²) in [5.41, 5.74) is 1.22. The number of aryl methyl sites for hydroxylation is 1. The van der Waals surface area contributed by atoms with E-state index < -0.39 is 34.9 Å². The number of aromatic amines is 1. The van der Waals surface area contributed by atoms with Crippen molar-refractivity contribution in [3.63, 3.8) is 0 Å². The molecule has 168 valence electrons. The van der Waals surface area contributed by atoms with Gasteiger partial charge in [-0.05, 0) is 44.0 Å². The summed E-state index contributed by atoms with van der Waals surface area (Å²) in [4.78, 5) is 30.0. The summed E-state index contributed by atoms with van der Waals surface area (Å²) in [7, 11) is 3.44. The number of hydrogen-bond acceptors (Lipinski definition) is 4. The standard InChI is InChI=1S/C22H29F2N5O2/c1-22(2,3)19(20(30)25-4)29(13-8-9-15(23)16(24)11-13)21(31)18-14-12-28(5)10-6-7-17(14)26-27-18/h8-9,11,19H,6-7,10,12H2,1-5H3,(H,25,30)(H,26,27). The molecule has 1 aromatic carbocycles. The van der Waals surface area contributed by atoms with Crippen molar-refractivity contribution >= 4 is 17.5 Å². The van der Waals surface area contributed by atoms with Gasteiger partial charge >= 0.3 is 0 Å². The lowest BCUT2D eigenvalue weighted by molar-refractivity contribution is -0.124. The predicted molar refractivity (Wildman–Crippen MR) is 114 cm³/mol. The highest BCUT2D eigenvalue weighted by atomic mass is 19.2. The van der Waals surface area contributed by atoms with Crippen LogP contribution in [0.4, 0.5) is 14.5 Å². The van der Waals surface area contributed by atoms with Gasteiger partial charge in [-0.25, -0.2) is 8.78 Å². The normalized spacial score (nSPS) is 15.7. The van der Waals surface area contributed by atoms with Crippen LogP contribution in [-0.2, 0) is 17.8 Å². The maximum absolute atomic E-state index is 14.1. The summed E-state index contributed by atoms with van der Waals surface area (Å²) in [5.74, 6) is -3.08. The zero-order valence-corrected chi connectivity index (χ0v) is 18.6. The minimum absolute atomic E-state index is 0.0890. The van der Waals surface area contributed by atoms with Crippen LogP contribution in [0.3, 0.4) is 0 Å². The Morgan fingerprint density at radius 1 is 1.26 bits per heavy atom. The number of anilines is 1. The fraction of sp³-hybridized carbons (Fsp3) is 0.500. The Labute approximate surface area is 180 Å². The van der Waals surface area contributed by atoms with Crippen LogP contribution in [0.2, 0.25) is 0 Å². The SMILES string of the molecule is CNC(=O)C(N(C(=O)c1n[nH]c2c1CN(C)CCC2)c1ccc(F)c(F)c1)C(C)(C)C. The van der Waals surface area contributed by atoms with Crippen molar-refractivity contribution in [3.8, 4) is 0 Å². The number of nitrogens with zero attached hydrogens (tertiary/aromatic N) is 3. The van der Waals surface area contributed by atoms with Gasteiger partial charge in [0.1, 0.15) is 6.04 Å². The monoisotopic (exact) mass is 433 g/mol. The molecular formula is C22H29F2N5O2. The first kappa shape index (κ1) is 22.9. The molecular weight excluding hydrogens is 404 g/mol. The van der Waals surface area contributed by atoms with Crippen LogP contribution in [0.15, 0.2) is 18.2 Å². The van der Waals surface area contributed by atoms with Crippen LogP contribution in [0.25, 0.3) is 0 Å². The number of likely N-dealkylation sites (N-methyl/N-ethyl adjacent to an activating group) is 1. The van der Waals surface area contributed by atoms with Crippen molar-refractivity contribution in [1.29, 1.82) is 0 Å². The highest BCUT2D eigenvalue weighted by Crippen LogP contribution is 2.32. The summed E-state index contributed by atoms with van der Waals surface area (Å²) >= 11 is 0. The molecule has 2 aromatic rings. The average Bonchev–Trinajstić information content (AvgIpc) is 2.99. The minimum atomic E-state index is -1.10. The number of aromatic nitrogens is 2. The van der Waals surface area contributed by atoms with E-state index in [-0.39, 0.29) is 11.4 Å². The zero-order valence-electron chi connectivity index (χ0n) is 18.6. The molecule has 0 saturated carbocycles. The van der Waals surface area contributed by atoms with Crippen LogP contribution >= 0.6 is 0 Å². The number of fused-ring (bicyclic) bond motifs is 1. The van der Waals surface area contributed by atoms with Gasteiger partial charge in [0.2, 0.25) is 5.91 Å². The van der Waals surface area contributed by atoms with E-state index in [1.807, 2.05) is 27.8 Å². The molecule has 2 heterocycles. The largest absolute Gasteiger partial charge is 0.357 e. The van der Waals surface area contributed by atoms with Crippen LogP contribution in [0, 0.1) is 17.0 Å². The molecule has 31 heavy (non-hydrogen) atoms. The number of carbonyl (C=O) groups excluding carboxylic acids is 2. The van der Waals surface area contributed by atoms with Crippen molar-refractivity contribution in [3.05, 3.63) is 46.8 Å². The Balaban J connectivity index is 2.17. The third kappa shape index (κ3) is 4.61. The summed E-state index contributed by atoms with van der Waals surface area (Å²) in [6.07, 6.45) is 1.68. The van der Waals surface area contributed by atoms with Crippen molar-refractivity contribution in [2.45, 2.75) is 46.2 Å². The van der Waals surface area contributed by atoms with Gasteiger partial charge in [0.15, 0.2) is 17.3 Å². The number of carbonyl (C=O) groups is 2. The van der Waals surface area contributed by atoms with E-state index in [0.29, 0.717) is 6.54 Å². The second-order valence-electron chi connectivity index (χ2n) is 9.03. The second kappa shape index (κ2) is 8.74. The quantitative estimate of drug-likeness (QED) is 0.777. The van der Waals surface area contributed by atoms with Crippen LogP contribution in [0.1, 0.15) is 48.9 Å². The molecule has 0 spiro atoms. The maximum Gasteiger partial charge on any atom is 0.279 e. The van der Waals surface area contributed by atoms with Gasteiger partial charge in [-0.3, -0.25) is 19.6 Å². The average molecular weight is 434 g/mol. The second-order valence-corrected chi connectivity index (χ2v) is 9.03. The number of amides is 2. The van der Waals surface area contributed by atoms with Gasteiger partial charge in [0.25, 0.3) is 5.91 Å². The number of H-pyrrole nitrogens is 1. The van der Waals surface area contributed by atoms with E-state index in [1.165, 1.54) is 18.0 Å². The van der Waals surface area contributed by atoms with Gasteiger partial charge in [-0.15, -0.1) is 0 Å². The van der Waals surface area contributed by atoms with Gasteiger partial charge in [0.05, 0.1) is 0 Å². The molecule has 1 unspecified atom stereocenters. The fourth-order valence-electron chi connectivity index (χ4n) is 4.00. The van der Waals surface area contributed by atoms with E-state index in [2.05, 4.69) is 20.4 Å². The molecule has 1 aliphatic rings. The highest BCUT2D eigenvalue weighted by molar-refractivity contribution is 6.10. The Morgan fingerprint density at radius 3 is 2.58 bits per heavy atom. The Kier molecular flexibility index (Phi) is 6.45. The predicted octanol–water partition coefficient (Wildman–Crippen LogP) is 2.87. The molecule has 1 aliphatic heterocycles. The Hall–Kier alpha value is -2.81. The van der Waals surface area contributed by atoms with E-state index in [0.717, 1.165) is 42.8 Å². The fourth-order valence-corrected chi connectivity index (χ4v) is 4.00. The number of halogens is 2. The number of nitrogens with one attached hydrogen (secondary N) is 2. The first-order valence-corrected chi connectivity index (χ1v) is 10.3. The molecule has 2 N–H and O–H groups in total. The molecule has 0 aliphatic carbocycles. The molecule has 1 aromatic heterocycles. The van der Waals surface area contributed by atoms with Crippen molar-refractivity contribution < 1.29 is 18.4 Å². The molecule has 7 nitrogen and oxygen atoms in total. The van der Waals surface area contributed by atoms with E-state index >= 15 is 0 Å². The van der Waals surface area contributed by atoms with E-state index in [1.54, 1.807) is 0 Å². The van der Waals surface area contributed by atoms with E-state index in [4.69, 9.17) is 0 Å². The van der Waals surface area contributed by atoms with Gasteiger partial charge in [-0.2, -0.15) is 5.10 Å². The van der Waals surface area contributed by atoms with Crippen molar-refractivity contribution in [1.82, 2.24) is 20.4 Å². The molecule has 0 saturated heterocycles. The third-order valence-corrected chi connectivity index (χ3v) is 5.52. The first-order chi connectivity index (χ1) is 14.5. The first-order valence-electron chi connectivity index (χ1n) is 10.3. The summed E-state index contributed by atoms with van der Waals surface area (Å²) < 4.78 is 27.8. The van der Waals surface area contributed by atoms with Crippen molar-refractivity contribution in [2.75, 3.05) is 25.5 Å². The summed E-state index contributed by atoms with van der Waals surface area (Å²) in [6.45, 7) is 6.84. The maximum atomic E-state index is 14.1. The molecule has 1 atom stereocenters. The summed E-state index contributed by atoms with van der Waals surface area (Å²) in [6, 6.07) is 2.21. The number of benzene rings is 1. The molecule has 9 heteroatoms. The van der Waals surface area contributed by atoms with Crippen LogP contribution in [0.5, 0.6) is 0 Å². The van der Waals surface area contributed by atoms with Crippen LogP contribution in [-0.4, -0.2) is 53.6 Å². The van der Waals surface area contributed by atoms with Crippen LogP contribution < -0.4 is 10.2 Å². The number of rotatable bonds is 4. The molecule has 0 bridgehead atoms. The summed E-state index contributed by atoms with van der Waals surface area (Å²) in [5, 5.41) is 9.81. The number of hydrogen-bond donors (Lipinski definition) is 2. The lowest BCUT2D eigenvalue weighted by Gasteiger charge is -2.38. The van der Waals surface area contributed by atoms with E-state index in [9.17, 15) is 18.4 Å². The van der Waals surface area contributed by atoms with Crippen molar-refractivity contribution in [2.24, 2.45) is 5.41 Å². The lowest BCUT2D eigenvalue weighted by Crippen LogP contribution is -2.56. The molecule has 0 radical (unpaired) electrons. The Bertz CT molecular complexity index is 983. The Morgan fingerprint density at radius 2 is 1.97 bits per heavy atom. The molecule has 0 fully saturated rings. The lowest BCUT2D eigenvalue weighted by atomic mass is 9.84. The van der Waals surface area contributed by atoms with Gasteiger partial charge in [-0.1, -0.05) is 20.8 Å². The topological polar surface area (TPSA) is 81.3 Å².